The predicted molar refractivity (Wildman–Crippen MR) is 78.2 cm³/mol. The zero-order valence-corrected chi connectivity index (χ0v) is 12.1. The van der Waals surface area contributed by atoms with Crippen LogP contribution in [0.3, 0.4) is 0 Å². The van der Waals surface area contributed by atoms with Crippen LogP contribution in [-0.4, -0.2) is 31.1 Å². The lowest BCUT2D eigenvalue weighted by molar-refractivity contribution is 0.200. The number of piperazine rings is 1. The van der Waals surface area contributed by atoms with Crippen molar-refractivity contribution >= 4 is 24.8 Å². The zero-order chi connectivity index (χ0) is 12.3. The summed E-state index contributed by atoms with van der Waals surface area (Å²) in [6.07, 6.45) is 1.71. The van der Waals surface area contributed by atoms with Crippen molar-refractivity contribution in [3.63, 3.8) is 0 Å². The fraction of sp³-hybridized carbons (Fsp3) is 0.385. The standard InChI is InChI=1S/C13H16F2N2.2ClH/c1-2-13(17-7-5-16-6-8-17)11-4-3-10(14)9-12(11)15;;/h2-4,9,13,16H,1,5-8H2;2*1H/t13-;;/m1../s1. The van der Waals surface area contributed by atoms with Gasteiger partial charge in [0, 0.05) is 37.8 Å². The second-order valence-corrected chi connectivity index (χ2v) is 4.13. The minimum Gasteiger partial charge on any atom is -0.314 e. The van der Waals surface area contributed by atoms with Crippen LogP contribution in [0.25, 0.3) is 0 Å². The summed E-state index contributed by atoms with van der Waals surface area (Å²) in [4.78, 5) is 2.14. The van der Waals surface area contributed by atoms with Crippen LogP contribution in [-0.2, 0) is 0 Å². The number of rotatable bonds is 3. The molecule has 1 saturated heterocycles. The normalized spacial score (nSPS) is 16.9. The molecule has 0 aliphatic carbocycles. The molecule has 0 aromatic heterocycles. The van der Waals surface area contributed by atoms with Gasteiger partial charge in [0.1, 0.15) is 11.6 Å². The van der Waals surface area contributed by atoms with E-state index >= 15 is 0 Å². The molecular formula is C13H18Cl2F2N2. The maximum atomic E-state index is 13.7. The first kappa shape index (κ1) is 18.3. The molecule has 2 nitrogen and oxygen atoms in total. The minimum atomic E-state index is -0.547. The number of nitrogens with one attached hydrogen (secondary N) is 1. The van der Waals surface area contributed by atoms with Gasteiger partial charge in [-0.3, -0.25) is 4.90 Å². The third-order valence-electron chi connectivity index (χ3n) is 3.05. The van der Waals surface area contributed by atoms with Gasteiger partial charge in [-0.25, -0.2) is 8.78 Å². The first-order valence-corrected chi connectivity index (χ1v) is 5.74. The largest absolute Gasteiger partial charge is 0.314 e. The Morgan fingerprint density at radius 3 is 2.37 bits per heavy atom. The average molecular weight is 311 g/mol. The molecule has 1 aliphatic rings. The van der Waals surface area contributed by atoms with Crippen LogP contribution in [0, 0.1) is 11.6 Å². The quantitative estimate of drug-likeness (QED) is 0.864. The molecule has 2 rings (SSSR count). The van der Waals surface area contributed by atoms with Gasteiger partial charge in [0.15, 0.2) is 0 Å². The Labute approximate surface area is 124 Å². The molecule has 0 unspecified atom stereocenters. The lowest BCUT2D eigenvalue weighted by atomic mass is 10.0. The number of benzene rings is 1. The van der Waals surface area contributed by atoms with E-state index in [1.54, 1.807) is 6.08 Å². The van der Waals surface area contributed by atoms with Crippen molar-refractivity contribution in [1.82, 2.24) is 10.2 Å². The first-order valence-electron chi connectivity index (χ1n) is 5.74. The average Bonchev–Trinajstić information content (AvgIpc) is 2.34. The van der Waals surface area contributed by atoms with Crippen molar-refractivity contribution in [2.75, 3.05) is 26.2 Å². The fourth-order valence-corrected chi connectivity index (χ4v) is 2.17. The van der Waals surface area contributed by atoms with Crippen LogP contribution in [0.1, 0.15) is 11.6 Å². The van der Waals surface area contributed by atoms with E-state index in [4.69, 9.17) is 0 Å². The molecule has 1 N–H and O–H groups in total. The summed E-state index contributed by atoms with van der Waals surface area (Å²) in [5.41, 5.74) is 0.489. The highest BCUT2D eigenvalue weighted by Gasteiger charge is 2.22. The molecule has 19 heavy (non-hydrogen) atoms. The molecular weight excluding hydrogens is 293 g/mol. The van der Waals surface area contributed by atoms with E-state index in [1.165, 1.54) is 12.1 Å². The Morgan fingerprint density at radius 2 is 1.84 bits per heavy atom. The van der Waals surface area contributed by atoms with E-state index in [1.807, 2.05) is 0 Å². The maximum absolute atomic E-state index is 13.7. The highest BCUT2D eigenvalue weighted by molar-refractivity contribution is 5.85. The van der Waals surface area contributed by atoms with E-state index in [2.05, 4.69) is 16.8 Å². The molecule has 6 heteroatoms. The lowest BCUT2D eigenvalue weighted by Gasteiger charge is -2.33. The van der Waals surface area contributed by atoms with Crippen molar-refractivity contribution in [1.29, 1.82) is 0 Å². The second-order valence-electron chi connectivity index (χ2n) is 4.13. The number of hydrogen-bond donors (Lipinski definition) is 1. The fourth-order valence-electron chi connectivity index (χ4n) is 2.17. The van der Waals surface area contributed by atoms with Gasteiger partial charge in [0.05, 0.1) is 6.04 Å². The van der Waals surface area contributed by atoms with E-state index < -0.39 is 11.6 Å². The van der Waals surface area contributed by atoms with Gasteiger partial charge in [-0.2, -0.15) is 0 Å². The van der Waals surface area contributed by atoms with E-state index in [0.29, 0.717) is 5.56 Å². The molecule has 0 spiro atoms. The van der Waals surface area contributed by atoms with E-state index in [0.717, 1.165) is 32.2 Å². The van der Waals surface area contributed by atoms with Crippen molar-refractivity contribution in [2.24, 2.45) is 0 Å². The topological polar surface area (TPSA) is 15.3 Å². The number of hydrogen-bond acceptors (Lipinski definition) is 2. The molecule has 1 aromatic rings. The SMILES string of the molecule is C=C[C@H](c1ccc(F)cc1F)N1CCNCC1.Cl.Cl. The van der Waals surface area contributed by atoms with Crippen LogP contribution in [0.2, 0.25) is 0 Å². The zero-order valence-electron chi connectivity index (χ0n) is 10.4. The lowest BCUT2D eigenvalue weighted by Crippen LogP contribution is -2.44. The van der Waals surface area contributed by atoms with Gasteiger partial charge in [0.25, 0.3) is 0 Å². The van der Waals surface area contributed by atoms with Gasteiger partial charge >= 0.3 is 0 Å². The maximum Gasteiger partial charge on any atom is 0.131 e. The second kappa shape index (κ2) is 8.48. The van der Waals surface area contributed by atoms with Crippen molar-refractivity contribution in [3.8, 4) is 0 Å². The van der Waals surface area contributed by atoms with Crippen LogP contribution >= 0.6 is 24.8 Å². The molecule has 0 amide bonds. The molecule has 1 fully saturated rings. The van der Waals surface area contributed by atoms with E-state index in [-0.39, 0.29) is 30.9 Å². The number of nitrogens with zero attached hydrogens (tertiary/aromatic N) is 1. The molecule has 1 heterocycles. The van der Waals surface area contributed by atoms with Crippen LogP contribution in [0.15, 0.2) is 30.9 Å². The Morgan fingerprint density at radius 1 is 1.21 bits per heavy atom. The summed E-state index contributed by atoms with van der Waals surface area (Å²) in [5.74, 6) is -1.05. The third kappa shape index (κ3) is 4.42. The van der Waals surface area contributed by atoms with Crippen molar-refractivity contribution in [3.05, 3.63) is 48.1 Å². The van der Waals surface area contributed by atoms with Crippen molar-refractivity contribution in [2.45, 2.75) is 6.04 Å². The predicted octanol–water partition coefficient (Wildman–Crippen LogP) is 2.94. The van der Waals surface area contributed by atoms with Gasteiger partial charge < -0.3 is 5.32 Å². The van der Waals surface area contributed by atoms with Crippen LogP contribution < -0.4 is 5.32 Å². The molecule has 108 valence electrons. The summed E-state index contributed by atoms with van der Waals surface area (Å²) in [6, 6.07) is 3.53. The van der Waals surface area contributed by atoms with Gasteiger partial charge in [-0.05, 0) is 6.07 Å². The van der Waals surface area contributed by atoms with Crippen molar-refractivity contribution < 1.29 is 8.78 Å². The molecule has 1 aliphatic heterocycles. The highest BCUT2D eigenvalue weighted by atomic mass is 35.5. The highest BCUT2D eigenvalue weighted by Crippen LogP contribution is 2.25. The Hall–Kier alpha value is -0.680. The van der Waals surface area contributed by atoms with Crippen LogP contribution in [0.4, 0.5) is 8.78 Å². The Bertz CT molecular complexity index is 410. The van der Waals surface area contributed by atoms with Crippen LogP contribution in [0.5, 0.6) is 0 Å². The summed E-state index contributed by atoms with van der Waals surface area (Å²) in [6.45, 7) is 7.20. The Balaban J connectivity index is 0.00000162. The molecule has 0 bridgehead atoms. The summed E-state index contributed by atoms with van der Waals surface area (Å²) in [7, 11) is 0. The molecule has 1 atom stereocenters. The minimum absolute atomic E-state index is 0. The summed E-state index contributed by atoms with van der Waals surface area (Å²) >= 11 is 0. The molecule has 0 radical (unpaired) electrons. The third-order valence-corrected chi connectivity index (χ3v) is 3.05. The summed E-state index contributed by atoms with van der Waals surface area (Å²) < 4.78 is 26.6. The van der Waals surface area contributed by atoms with Gasteiger partial charge in [-0.1, -0.05) is 12.1 Å². The smallest absolute Gasteiger partial charge is 0.131 e. The summed E-state index contributed by atoms with van der Waals surface area (Å²) in [5, 5.41) is 3.24. The van der Waals surface area contributed by atoms with Gasteiger partial charge in [0.2, 0.25) is 0 Å². The van der Waals surface area contributed by atoms with Gasteiger partial charge in [-0.15, -0.1) is 31.4 Å². The Kier molecular flexibility index (Phi) is 8.18. The molecule has 1 aromatic carbocycles. The monoisotopic (exact) mass is 310 g/mol. The van der Waals surface area contributed by atoms with E-state index in [9.17, 15) is 8.78 Å². The number of halogens is 4. The first-order chi connectivity index (χ1) is 8.22. The molecule has 0 saturated carbocycles.